The van der Waals surface area contributed by atoms with E-state index in [0.29, 0.717) is 22.7 Å². The second-order valence-corrected chi connectivity index (χ2v) is 10.4. The zero-order valence-corrected chi connectivity index (χ0v) is 20.3. The van der Waals surface area contributed by atoms with E-state index in [1.165, 1.54) is 6.26 Å². The molecule has 168 valence electrons. The van der Waals surface area contributed by atoms with Crippen LogP contribution in [0.5, 0.6) is 0 Å². The lowest BCUT2D eigenvalue weighted by Crippen LogP contribution is -2.14. The highest BCUT2D eigenvalue weighted by Crippen LogP contribution is 2.28. The van der Waals surface area contributed by atoms with Crippen molar-refractivity contribution in [2.24, 2.45) is 0 Å². The summed E-state index contributed by atoms with van der Waals surface area (Å²) in [5, 5.41) is 6.25. The predicted molar refractivity (Wildman–Crippen MR) is 131 cm³/mol. The van der Waals surface area contributed by atoms with Crippen LogP contribution in [0.4, 0.5) is 11.4 Å². The molecular weight excluding hydrogens is 420 g/mol. The summed E-state index contributed by atoms with van der Waals surface area (Å²) in [4.78, 5) is 13.1. The van der Waals surface area contributed by atoms with E-state index in [1.807, 2.05) is 52.8 Å². The summed E-state index contributed by atoms with van der Waals surface area (Å²) < 4.78 is 24.6. The van der Waals surface area contributed by atoms with Gasteiger partial charge in [-0.05, 0) is 80.6 Å². The third-order valence-corrected chi connectivity index (χ3v) is 6.93. The molecule has 0 saturated carbocycles. The maximum atomic E-state index is 12.7. The molecule has 0 saturated heterocycles. The van der Waals surface area contributed by atoms with Crippen LogP contribution in [0.25, 0.3) is 0 Å². The number of anilines is 2. The Labute approximate surface area is 190 Å². The minimum Gasteiger partial charge on any atom is -0.380 e. The summed E-state index contributed by atoms with van der Waals surface area (Å²) in [6.45, 7) is 10.2. The van der Waals surface area contributed by atoms with Crippen LogP contribution in [0.3, 0.4) is 0 Å². The number of hydrogen-bond donors (Lipinski definition) is 2. The zero-order chi connectivity index (χ0) is 23.6. The summed E-state index contributed by atoms with van der Waals surface area (Å²) in [6, 6.07) is 15.1. The molecule has 0 radical (unpaired) electrons. The van der Waals surface area contributed by atoms with Crippen molar-refractivity contribution in [3.8, 4) is 0 Å². The van der Waals surface area contributed by atoms with Crippen LogP contribution >= 0.6 is 0 Å². The van der Waals surface area contributed by atoms with Gasteiger partial charge in [-0.25, -0.2) is 8.42 Å². The van der Waals surface area contributed by atoms with Gasteiger partial charge in [0.25, 0.3) is 5.91 Å². The molecule has 0 spiro atoms. The molecule has 3 rings (SSSR count). The van der Waals surface area contributed by atoms with Crippen molar-refractivity contribution in [3.63, 3.8) is 0 Å². The standard InChI is InChI=1S/C26H30N2O3S/c1-16-13-18(3)24(19(4)14-16)28-26(29)22-10-8-21(9-11-22)15-27-23-12-7-17(2)20(5)25(23)32(6,30)31/h7-14,27H,15H2,1-6H3,(H,28,29). The first-order valence-corrected chi connectivity index (χ1v) is 12.4. The lowest BCUT2D eigenvalue weighted by atomic mass is 10.0. The maximum absolute atomic E-state index is 12.7. The van der Waals surface area contributed by atoms with E-state index in [1.54, 1.807) is 18.2 Å². The first kappa shape index (κ1) is 23.5. The van der Waals surface area contributed by atoms with Crippen molar-refractivity contribution in [1.82, 2.24) is 0 Å². The molecule has 3 aromatic rings. The maximum Gasteiger partial charge on any atom is 0.255 e. The van der Waals surface area contributed by atoms with E-state index in [9.17, 15) is 13.2 Å². The van der Waals surface area contributed by atoms with Crippen LogP contribution in [-0.4, -0.2) is 20.6 Å². The number of carbonyl (C=O) groups is 1. The summed E-state index contributed by atoms with van der Waals surface area (Å²) in [7, 11) is -3.36. The number of rotatable bonds is 6. The van der Waals surface area contributed by atoms with Crippen molar-refractivity contribution >= 4 is 27.1 Å². The summed E-state index contributed by atoms with van der Waals surface area (Å²) in [6.07, 6.45) is 1.23. The van der Waals surface area contributed by atoms with Gasteiger partial charge in [-0.2, -0.15) is 0 Å². The normalized spacial score (nSPS) is 11.3. The molecule has 0 atom stereocenters. The van der Waals surface area contributed by atoms with Crippen LogP contribution in [0.2, 0.25) is 0 Å². The highest BCUT2D eigenvalue weighted by Gasteiger charge is 2.18. The number of hydrogen-bond acceptors (Lipinski definition) is 4. The summed E-state index contributed by atoms with van der Waals surface area (Å²) in [5.41, 5.74) is 7.86. The van der Waals surface area contributed by atoms with Gasteiger partial charge in [0, 0.05) is 24.1 Å². The monoisotopic (exact) mass is 450 g/mol. The molecule has 0 aromatic heterocycles. The average Bonchev–Trinajstić information content (AvgIpc) is 2.70. The van der Waals surface area contributed by atoms with Gasteiger partial charge in [0.15, 0.2) is 9.84 Å². The van der Waals surface area contributed by atoms with E-state index >= 15 is 0 Å². The van der Waals surface area contributed by atoms with Crippen LogP contribution in [-0.2, 0) is 16.4 Å². The van der Waals surface area contributed by atoms with Crippen LogP contribution in [0.15, 0.2) is 53.4 Å². The van der Waals surface area contributed by atoms with Gasteiger partial charge >= 0.3 is 0 Å². The largest absolute Gasteiger partial charge is 0.380 e. The fourth-order valence-electron chi connectivity index (χ4n) is 3.94. The van der Waals surface area contributed by atoms with Crippen molar-refractivity contribution in [3.05, 3.63) is 87.5 Å². The molecule has 0 heterocycles. The SMILES string of the molecule is Cc1cc(C)c(NC(=O)c2ccc(CNc3ccc(C)c(C)c3S(C)(=O)=O)cc2)c(C)c1. The average molecular weight is 451 g/mol. The Morgan fingerprint density at radius 2 is 1.44 bits per heavy atom. The van der Waals surface area contributed by atoms with E-state index in [0.717, 1.165) is 39.1 Å². The molecule has 0 bridgehead atoms. The third-order valence-electron chi connectivity index (χ3n) is 5.66. The van der Waals surface area contributed by atoms with Crippen molar-refractivity contribution in [2.45, 2.75) is 46.1 Å². The molecule has 5 nitrogen and oxygen atoms in total. The fourth-order valence-corrected chi connectivity index (χ4v) is 5.20. The number of amides is 1. The van der Waals surface area contributed by atoms with E-state index in [-0.39, 0.29) is 5.91 Å². The van der Waals surface area contributed by atoms with Gasteiger partial charge in [0.1, 0.15) is 0 Å². The zero-order valence-electron chi connectivity index (χ0n) is 19.5. The molecule has 2 N–H and O–H groups in total. The number of nitrogens with one attached hydrogen (secondary N) is 2. The Kier molecular flexibility index (Phi) is 6.74. The molecule has 0 aliphatic heterocycles. The molecule has 32 heavy (non-hydrogen) atoms. The smallest absolute Gasteiger partial charge is 0.255 e. The molecule has 6 heteroatoms. The second kappa shape index (κ2) is 9.17. The molecule has 0 aliphatic rings. The minimum atomic E-state index is -3.36. The lowest BCUT2D eigenvalue weighted by Gasteiger charge is -2.15. The summed E-state index contributed by atoms with van der Waals surface area (Å²) in [5.74, 6) is -0.159. The van der Waals surface area contributed by atoms with Gasteiger partial charge in [-0.3, -0.25) is 4.79 Å². The van der Waals surface area contributed by atoms with Crippen LogP contribution in [0.1, 0.15) is 43.7 Å². The second-order valence-electron chi connectivity index (χ2n) is 8.43. The summed E-state index contributed by atoms with van der Waals surface area (Å²) >= 11 is 0. The fraction of sp³-hybridized carbons (Fsp3) is 0.269. The highest BCUT2D eigenvalue weighted by molar-refractivity contribution is 7.91. The van der Waals surface area contributed by atoms with Crippen LogP contribution < -0.4 is 10.6 Å². The van der Waals surface area contributed by atoms with E-state index in [4.69, 9.17) is 0 Å². The van der Waals surface area contributed by atoms with E-state index < -0.39 is 9.84 Å². The predicted octanol–water partition coefficient (Wildman–Crippen LogP) is 5.50. The Morgan fingerprint density at radius 1 is 0.844 bits per heavy atom. The number of carbonyl (C=O) groups excluding carboxylic acids is 1. The molecule has 0 unspecified atom stereocenters. The van der Waals surface area contributed by atoms with Gasteiger partial charge in [-0.15, -0.1) is 0 Å². The van der Waals surface area contributed by atoms with Crippen LogP contribution in [0, 0.1) is 34.6 Å². The molecular formula is C26H30N2O3S. The Morgan fingerprint density at radius 3 is 2.00 bits per heavy atom. The van der Waals surface area contributed by atoms with Gasteiger partial charge in [0.05, 0.1) is 10.6 Å². The minimum absolute atomic E-state index is 0.159. The molecule has 1 amide bonds. The number of benzene rings is 3. The Balaban J connectivity index is 1.74. The third kappa shape index (κ3) is 5.19. The topological polar surface area (TPSA) is 75.3 Å². The Bertz CT molecular complexity index is 1250. The van der Waals surface area contributed by atoms with Gasteiger partial charge in [0.2, 0.25) is 0 Å². The van der Waals surface area contributed by atoms with Gasteiger partial charge in [-0.1, -0.05) is 35.9 Å². The quantitative estimate of drug-likeness (QED) is 0.520. The Hall–Kier alpha value is -3.12. The number of sulfone groups is 1. The molecule has 3 aromatic carbocycles. The van der Waals surface area contributed by atoms with E-state index in [2.05, 4.69) is 22.8 Å². The highest BCUT2D eigenvalue weighted by atomic mass is 32.2. The molecule has 0 aliphatic carbocycles. The van der Waals surface area contributed by atoms with Crippen molar-refractivity contribution < 1.29 is 13.2 Å². The van der Waals surface area contributed by atoms with Crippen molar-refractivity contribution in [1.29, 1.82) is 0 Å². The lowest BCUT2D eigenvalue weighted by molar-refractivity contribution is 0.102. The first-order chi connectivity index (χ1) is 15.0. The first-order valence-electron chi connectivity index (χ1n) is 10.5. The van der Waals surface area contributed by atoms with Crippen molar-refractivity contribution in [2.75, 3.05) is 16.9 Å². The number of aryl methyl sites for hydroxylation is 4. The molecule has 0 fully saturated rings. The van der Waals surface area contributed by atoms with Gasteiger partial charge < -0.3 is 10.6 Å².